The predicted molar refractivity (Wildman–Crippen MR) is 71.3 cm³/mol. The minimum atomic E-state index is -0.989. The number of rotatable bonds is 7. The van der Waals surface area contributed by atoms with Gasteiger partial charge < -0.3 is 15.2 Å². The molecule has 0 heterocycles. The molecule has 2 N–H and O–H groups in total. The Labute approximate surface area is 116 Å². The Morgan fingerprint density at radius 2 is 2.11 bits per heavy atom. The number of carbonyl (C=O) groups is 2. The van der Waals surface area contributed by atoms with Gasteiger partial charge >= 0.3 is 5.97 Å². The standard InChI is InChI=1S/C13H16ClNO4/c1-2-19-11-7-10(14)4-3-9(11)8-15-12(16)5-6-13(17)18/h3-4,7H,2,5-6,8H2,1H3,(H,15,16)(H,17,18). The quantitative estimate of drug-likeness (QED) is 0.805. The molecule has 1 aromatic rings. The third-order valence-corrected chi connectivity index (χ3v) is 2.61. The van der Waals surface area contributed by atoms with E-state index in [9.17, 15) is 9.59 Å². The van der Waals surface area contributed by atoms with E-state index in [-0.39, 0.29) is 25.3 Å². The van der Waals surface area contributed by atoms with E-state index in [0.29, 0.717) is 17.4 Å². The molecule has 19 heavy (non-hydrogen) atoms. The van der Waals surface area contributed by atoms with Crippen LogP contribution in [0.15, 0.2) is 18.2 Å². The molecule has 0 bridgehead atoms. The summed E-state index contributed by atoms with van der Waals surface area (Å²) in [6.45, 7) is 2.64. The highest BCUT2D eigenvalue weighted by Crippen LogP contribution is 2.23. The van der Waals surface area contributed by atoms with Crippen molar-refractivity contribution in [2.45, 2.75) is 26.3 Å². The van der Waals surface area contributed by atoms with Crippen molar-refractivity contribution in [1.82, 2.24) is 5.32 Å². The van der Waals surface area contributed by atoms with Gasteiger partial charge in [0.1, 0.15) is 5.75 Å². The molecule has 1 amide bonds. The lowest BCUT2D eigenvalue weighted by Gasteiger charge is -2.11. The molecule has 1 aromatic carbocycles. The second kappa shape index (κ2) is 7.63. The Hall–Kier alpha value is -1.75. The second-order valence-corrected chi connectivity index (χ2v) is 4.29. The smallest absolute Gasteiger partial charge is 0.303 e. The summed E-state index contributed by atoms with van der Waals surface area (Å²) in [6, 6.07) is 5.16. The van der Waals surface area contributed by atoms with Crippen molar-refractivity contribution in [1.29, 1.82) is 0 Å². The largest absolute Gasteiger partial charge is 0.493 e. The highest BCUT2D eigenvalue weighted by Gasteiger charge is 2.08. The van der Waals surface area contributed by atoms with Gasteiger partial charge in [0.2, 0.25) is 5.91 Å². The van der Waals surface area contributed by atoms with Gasteiger partial charge in [-0.15, -0.1) is 0 Å². The maximum atomic E-state index is 11.4. The SMILES string of the molecule is CCOc1cc(Cl)ccc1CNC(=O)CCC(=O)O. The van der Waals surface area contributed by atoms with Crippen LogP contribution in [0.25, 0.3) is 0 Å². The van der Waals surface area contributed by atoms with Crippen LogP contribution in [0.4, 0.5) is 0 Å². The molecular weight excluding hydrogens is 270 g/mol. The Balaban J connectivity index is 2.56. The number of nitrogens with one attached hydrogen (secondary N) is 1. The molecule has 0 saturated carbocycles. The Morgan fingerprint density at radius 3 is 2.74 bits per heavy atom. The zero-order valence-electron chi connectivity index (χ0n) is 10.6. The third kappa shape index (κ3) is 5.61. The third-order valence-electron chi connectivity index (χ3n) is 2.37. The molecule has 0 unspecified atom stereocenters. The molecule has 104 valence electrons. The zero-order chi connectivity index (χ0) is 14.3. The van der Waals surface area contributed by atoms with Crippen LogP contribution in [0, 0.1) is 0 Å². The van der Waals surface area contributed by atoms with Crippen LogP contribution < -0.4 is 10.1 Å². The summed E-state index contributed by atoms with van der Waals surface area (Å²) in [5.41, 5.74) is 0.801. The fraction of sp³-hybridized carbons (Fsp3) is 0.385. The first-order chi connectivity index (χ1) is 9.02. The molecule has 0 aromatic heterocycles. The first-order valence-electron chi connectivity index (χ1n) is 5.92. The minimum Gasteiger partial charge on any atom is -0.493 e. The van der Waals surface area contributed by atoms with Gasteiger partial charge in [-0.25, -0.2) is 0 Å². The van der Waals surface area contributed by atoms with E-state index in [1.165, 1.54) is 0 Å². The van der Waals surface area contributed by atoms with E-state index in [1.54, 1.807) is 18.2 Å². The van der Waals surface area contributed by atoms with E-state index < -0.39 is 5.97 Å². The van der Waals surface area contributed by atoms with Crippen LogP contribution in [0.3, 0.4) is 0 Å². The minimum absolute atomic E-state index is 0.0348. The molecule has 0 saturated heterocycles. The number of hydrogen-bond acceptors (Lipinski definition) is 3. The maximum Gasteiger partial charge on any atom is 0.303 e. The lowest BCUT2D eigenvalue weighted by atomic mass is 10.2. The monoisotopic (exact) mass is 285 g/mol. The van der Waals surface area contributed by atoms with Crippen LogP contribution >= 0.6 is 11.6 Å². The van der Waals surface area contributed by atoms with Gasteiger partial charge in [0.15, 0.2) is 0 Å². The number of halogens is 1. The first-order valence-corrected chi connectivity index (χ1v) is 6.30. The van der Waals surface area contributed by atoms with Gasteiger partial charge in [-0.1, -0.05) is 17.7 Å². The van der Waals surface area contributed by atoms with E-state index in [2.05, 4.69) is 5.32 Å². The number of benzene rings is 1. The van der Waals surface area contributed by atoms with Crippen LogP contribution in [-0.4, -0.2) is 23.6 Å². The number of carbonyl (C=O) groups excluding carboxylic acids is 1. The van der Waals surface area contributed by atoms with Crippen molar-refractivity contribution < 1.29 is 19.4 Å². The normalized spacial score (nSPS) is 10.0. The Morgan fingerprint density at radius 1 is 1.37 bits per heavy atom. The summed E-state index contributed by atoms with van der Waals surface area (Å²) >= 11 is 5.87. The van der Waals surface area contributed by atoms with Gasteiger partial charge in [-0.3, -0.25) is 9.59 Å². The summed E-state index contributed by atoms with van der Waals surface area (Å²) in [7, 11) is 0. The average Bonchev–Trinajstić information content (AvgIpc) is 2.35. The molecule has 0 radical (unpaired) electrons. The molecule has 1 rings (SSSR count). The molecular formula is C13H16ClNO4. The van der Waals surface area contributed by atoms with E-state index in [4.69, 9.17) is 21.4 Å². The highest BCUT2D eigenvalue weighted by molar-refractivity contribution is 6.30. The second-order valence-electron chi connectivity index (χ2n) is 3.86. The van der Waals surface area contributed by atoms with Crippen LogP contribution in [-0.2, 0) is 16.1 Å². The highest BCUT2D eigenvalue weighted by atomic mass is 35.5. The van der Waals surface area contributed by atoms with Crippen molar-refractivity contribution >= 4 is 23.5 Å². The van der Waals surface area contributed by atoms with Gasteiger partial charge in [0, 0.05) is 23.6 Å². The molecule has 6 heteroatoms. The van der Waals surface area contributed by atoms with Crippen molar-refractivity contribution in [3.8, 4) is 5.75 Å². The summed E-state index contributed by atoms with van der Waals surface area (Å²) < 4.78 is 5.42. The number of aliphatic carboxylic acids is 1. The van der Waals surface area contributed by atoms with Crippen molar-refractivity contribution in [2.75, 3.05) is 6.61 Å². The number of amides is 1. The van der Waals surface area contributed by atoms with Crippen molar-refractivity contribution in [3.05, 3.63) is 28.8 Å². The van der Waals surface area contributed by atoms with Crippen molar-refractivity contribution in [2.24, 2.45) is 0 Å². The van der Waals surface area contributed by atoms with E-state index >= 15 is 0 Å². The van der Waals surface area contributed by atoms with Crippen molar-refractivity contribution in [3.63, 3.8) is 0 Å². The number of ether oxygens (including phenoxy) is 1. The first kappa shape index (κ1) is 15.3. The average molecular weight is 286 g/mol. The lowest BCUT2D eigenvalue weighted by molar-refractivity contribution is -0.138. The Bertz CT molecular complexity index is 462. The summed E-state index contributed by atoms with van der Waals surface area (Å²) in [5.74, 6) is -0.676. The van der Waals surface area contributed by atoms with Crippen LogP contribution in [0.2, 0.25) is 5.02 Å². The van der Waals surface area contributed by atoms with Gasteiger partial charge in [-0.2, -0.15) is 0 Å². The fourth-order valence-electron chi connectivity index (χ4n) is 1.47. The molecule has 0 aliphatic carbocycles. The zero-order valence-corrected chi connectivity index (χ0v) is 11.4. The van der Waals surface area contributed by atoms with Crippen LogP contribution in [0.1, 0.15) is 25.3 Å². The molecule has 0 fully saturated rings. The molecule has 0 aliphatic rings. The van der Waals surface area contributed by atoms with Gasteiger partial charge in [0.25, 0.3) is 0 Å². The maximum absolute atomic E-state index is 11.4. The van der Waals surface area contributed by atoms with Gasteiger partial charge in [0.05, 0.1) is 13.0 Å². The lowest BCUT2D eigenvalue weighted by Crippen LogP contribution is -2.23. The Kier molecular flexibility index (Phi) is 6.15. The summed E-state index contributed by atoms with van der Waals surface area (Å²) in [5, 5.41) is 11.7. The molecule has 0 atom stereocenters. The van der Waals surface area contributed by atoms with E-state index in [0.717, 1.165) is 5.56 Å². The van der Waals surface area contributed by atoms with E-state index in [1.807, 2.05) is 6.92 Å². The number of hydrogen-bond donors (Lipinski definition) is 2. The molecule has 0 aliphatic heterocycles. The summed E-state index contributed by atoms with van der Waals surface area (Å²) in [6.07, 6.45) is -0.211. The molecule has 0 spiro atoms. The summed E-state index contributed by atoms with van der Waals surface area (Å²) in [4.78, 5) is 21.8. The fourth-order valence-corrected chi connectivity index (χ4v) is 1.63. The van der Waals surface area contributed by atoms with Gasteiger partial charge in [-0.05, 0) is 19.1 Å². The topological polar surface area (TPSA) is 75.6 Å². The molecule has 5 nitrogen and oxygen atoms in total. The number of carboxylic acids is 1. The predicted octanol–water partition coefficient (Wildman–Crippen LogP) is 2.22. The van der Waals surface area contributed by atoms with Crippen LogP contribution in [0.5, 0.6) is 5.75 Å². The number of carboxylic acid groups (broad SMARTS) is 1.